The molecule has 0 aromatic rings. The minimum absolute atomic E-state index is 0.0224. The largest absolute Gasteiger partial charge is 0.326 e. The van der Waals surface area contributed by atoms with E-state index in [9.17, 15) is 0 Å². The fraction of sp³-hybridized carbons (Fsp3) is 1.00. The highest BCUT2D eigenvalue weighted by molar-refractivity contribution is 5.09. The van der Waals surface area contributed by atoms with Crippen molar-refractivity contribution in [3.05, 3.63) is 0 Å². The van der Waals surface area contributed by atoms with E-state index in [2.05, 4.69) is 33.0 Å². The molecule has 1 aliphatic rings. The fourth-order valence-corrected chi connectivity index (χ4v) is 1.24. The molecular formula is C8H18N2. The maximum Gasteiger partial charge on any atom is 0.0282 e. The summed E-state index contributed by atoms with van der Waals surface area (Å²) in [5, 5.41) is 3.38. The fourth-order valence-electron chi connectivity index (χ4n) is 1.24. The lowest BCUT2D eigenvalue weighted by Gasteiger charge is -2.17. The van der Waals surface area contributed by atoms with Crippen molar-refractivity contribution in [1.29, 1.82) is 0 Å². The number of nitrogens with two attached hydrogens (primary N) is 1. The molecule has 0 aromatic carbocycles. The summed E-state index contributed by atoms with van der Waals surface area (Å²) in [5.41, 5.74) is 6.18. The quantitative estimate of drug-likeness (QED) is 0.562. The van der Waals surface area contributed by atoms with Gasteiger partial charge in [0.05, 0.1) is 0 Å². The van der Waals surface area contributed by atoms with E-state index in [1.54, 1.807) is 0 Å². The van der Waals surface area contributed by atoms with Gasteiger partial charge in [0, 0.05) is 17.1 Å². The molecule has 2 nitrogen and oxygen atoms in total. The van der Waals surface area contributed by atoms with Crippen LogP contribution in [0.2, 0.25) is 0 Å². The third kappa shape index (κ3) is 1.96. The summed E-state index contributed by atoms with van der Waals surface area (Å²) in [4.78, 5) is 0. The maximum absolute atomic E-state index is 5.86. The van der Waals surface area contributed by atoms with Crippen LogP contribution in [0.15, 0.2) is 0 Å². The van der Waals surface area contributed by atoms with Crippen LogP contribution in [0, 0.1) is 0 Å². The SMILES string of the molecule is CC(C)(N)CC1NC1(C)C. The molecule has 0 aromatic heterocycles. The number of rotatable bonds is 2. The second kappa shape index (κ2) is 1.95. The smallest absolute Gasteiger partial charge is 0.0282 e. The predicted octanol–water partition coefficient (Wildman–Crippen LogP) is 0.864. The van der Waals surface area contributed by atoms with Crippen LogP contribution in [-0.2, 0) is 0 Å². The monoisotopic (exact) mass is 142 g/mol. The van der Waals surface area contributed by atoms with Gasteiger partial charge in [0.2, 0.25) is 0 Å². The van der Waals surface area contributed by atoms with Crippen LogP contribution in [0.3, 0.4) is 0 Å². The Hall–Kier alpha value is -0.0800. The van der Waals surface area contributed by atoms with E-state index in [-0.39, 0.29) is 5.54 Å². The standard InChI is InChI=1S/C8H18N2/c1-7(2,9)5-6-8(3,4)10-6/h6,10H,5,9H2,1-4H3. The van der Waals surface area contributed by atoms with E-state index in [0.717, 1.165) is 6.42 Å². The van der Waals surface area contributed by atoms with E-state index in [4.69, 9.17) is 5.73 Å². The van der Waals surface area contributed by atoms with Gasteiger partial charge in [-0.25, -0.2) is 0 Å². The van der Waals surface area contributed by atoms with Gasteiger partial charge in [-0.1, -0.05) is 0 Å². The van der Waals surface area contributed by atoms with Gasteiger partial charge in [0.25, 0.3) is 0 Å². The lowest BCUT2D eigenvalue weighted by molar-refractivity contribution is 0.460. The third-order valence-electron chi connectivity index (χ3n) is 2.06. The topological polar surface area (TPSA) is 48.0 Å². The highest BCUT2D eigenvalue weighted by atomic mass is 15.2. The molecule has 1 heterocycles. The Morgan fingerprint density at radius 2 is 1.90 bits per heavy atom. The Bertz CT molecular complexity index is 133. The third-order valence-corrected chi connectivity index (χ3v) is 2.06. The average molecular weight is 142 g/mol. The molecular weight excluding hydrogens is 124 g/mol. The first-order chi connectivity index (χ1) is 4.31. The molecule has 0 bridgehead atoms. The molecule has 0 spiro atoms. The van der Waals surface area contributed by atoms with Crippen molar-refractivity contribution in [2.75, 3.05) is 0 Å². The van der Waals surface area contributed by atoms with Crippen molar-refractivity contribution >= 4 is 0 Å². The van der Waals surface area contributed by atoms with Gasteiger partial charge in [-0.15, -0.1) is 0 Å². The van der Waals surface area contributed by atoms with Crippen LogP contribution in [0.1, 0.15) is 34.1 Å². The van der Waals surface area contributed by atoms with Crippen LogP contribution in [-0.4, -0.2) is 17.1 Å². The van der Waals surface area contributed by atoms with Crippen molar-refractivity contribution < 1.29 is 0 Å². The molecule has 10 heavy (non-hydrogen) atoms. The lowest BCUT2D eigenvalue weighted by atomic mass is 9.95. The predicted molar refractivity (Wildman–Crippen MR) is 43.9 cm³/mol. The lowest BCUT2D eigenvalue weighted by Crippen LogP contribution is -2.34. The second-order valence-corrected chi connectivity index (χ2v) is 4.61. The number of hydrogen-bond donors (Lipinski definition) is 2. The summed E-state index contributed by atoms with van der Waals surface area (Å²) >= 11 is 0. The highest BCUT2D eigenvalue weighted by Gasteiger charge is 2.46. The molecule has 1 saturated heterocycles. The summed E-state index contributed by atoms with van der Waals surface area (Å²) in [5.74, 6) is 0. The van der Waals surface area contributed by atoms with Gasteiger partial charge in [-0.05, 0) is 34.1 Å². The van der Waals surface area contributed by atoms with E-state index in [0.29, 0.717) is 11.6 Å². The molecule has 1 fully saturated rings. The normalized spacial score (nSPS) is 30.3. The van der Waals surface area contributed by atoms with E-state index < -0.39 is 0 Å². The van der Waals surface area contributed by atoms with Crippen molar-refractivity contribution in [2.24, 2.45) is 5.73 Å². The van der Waals surface area contributed by atoms with E-state index in [1.807, 2.05) is 0 Å². The van der Waals surface area contributed by atoms with Gasteiger partial charge in [-0.3, -0.25) is 0 Å². The zero-order valence-corrected chi connectivity index (χ0v) is 7.36. The first-order valence-electron chi connectivity index (χ1n) is 3.88. The molecule has 1 rings (SSSR count). The maximum atomic E-state index is 5.86. The molecule has 0 radical (unpaired) electrons. The summed E-state index contributed by atoms with van der Waals surface area (Å²) in [7, 11) is 0. The van der Waals surface area contributed by atoms with Crippen LogP contribution < -0.4 is 11.1 Å². The highest BCUT2D eigenvalue weighted by Crippen LogP contribution is 2.30. The molecule has 60 valence electrons. The first kappa shape index (κ1) is 8.02. The Balaban J connectivity index is 2.31. The molecule has 0 aliphatic carbocycles. The van der Waals surface area contributed by atoms with Crippen molar-refractivity contribution in [3.8, 4) is 0 Å². The Labute approximate surface area is 63.2 Å². The summed E-state index contributed by atoms with van der Waals surface area (Å²) < 4.78 is 0. The van der Waals surface area contributed by atoms with Gasteiger partial charge >= 0.3 is 0 Å². The number of hydrogen-bond acceptors (Lipinski definition) is 2. The Kier molecular flexibility index (Phi) is 1.57. The average Bonchev–Trinajstić information content (AvgIpc) is 2.05. The summed E-state index contributed by atoms with van der Waals surface area (Å²) in [6.45, 7) is 8.57. The van der Waals surface area contributed by atoms with Crippen LogP contribution in [0.25, 0.3) is 0 Å². The summed E-state index contributed by atoms with van der Waals surface area (Å²) in [6.07, 6.45) is 1.07. The van der Waals surface area contributed by atoms with Crippen LogP contribution >= 0.6 is 0 Å². The zero-order chi connectivity index (χ0) is 7.99. The molecule has 2 heteroatoms. The zero-order valence-electron chi connectivity index (χ0n) is 7.36. The molecule has 1 atom stereocenters. The molecule has 0 amide bonds. The second-order valence-electron chi connectivity index (χ2n) is 4.61. The molecule has 0 saturated carbocycles. The van der Waals surface area contributed by atoms with E-state index >= 15 is 0 Å². The Morgan fingerprint density at radius 3 is 2.00 bits per heavy atom. The van der Waals surface area contributed by atoms with Crippen molar-refractivity contribution in [3.63, 3.8) is 0 Å². The van der Waals surface area contributed by atoms with Crippen molar-refractivity contribution in [2.45, 2.75) is 51.2 Å². The molecule has 1 unspecified atom stereocenters. The first-order valence-corrected chi connectivity index (χ1v) is 3.88. The molecule has 3 N–H and O–H groups in total. The Morgan fingerprint density at radius 1 is 1.50 bits per heavy atom. The van der Waals surface area contributed by atoms with Gasteiger partial charge in [0.1, 0.15) is 0 Å². The van der Waals surface area contributed by atoms with Gasteiger partial charge in [0.15, 0.2) is 0 Å². The summed E-state index contributed by atoms with van der Waals surface area (Å²) in [6, 6.07) is 0.632. The van der Waals surface area contributed by atoms with Crippen molar-refractivity contribution in [1.82, 2.24) is 5.32 Å². The van der Waals surface area contributed by atoms with Crippen LogP contribution in [0.4, 0.5) is 0 Å². The van der Waals surface area contributed by atoms with E-state index in [1.165, 1.54) is 0 Å². The minimum atomic E-state index is -0.0224. The number of nitrogens with one attached hydrogen (secondary N) is 1. The van der Waals surface area contributed by atoms with Crippen LogP contribution in [0.5, 0.6) is 0 Å². The minimum Gasteiger partial charge on any atom is -0.326 e. The molecule has 1 aliphatic heterocycles. The van der Waals surface area contributed by atoms with Gasteiger partial charge < -0.3 is 11.1 Å². The van der Waals surface area contributed by atoms with Gasteiger partial charge in [-0.2, -0.15) is 0 Å².